The Balaban J connectivity index is 1.72. The van der Waals surface area contributed by atoms with Crippen LogP contribution < -0.4 is 10.2 Å². The molecule has 0 spiro atoms. The van der Waals surface area contributed by atoms with Crippen LogP contribution in [0.25, 0.3) is 0 Å². The third-order valence-electron chi connectivity index (χ3n) is 3.77. The summed E-state index contributed by atoms with van der Waals surface area (Å²) in [5.74, 6) is 2.58. The maximum absolute atomic E-state index is 11.6. The van der Waals surface area contributed by atoms with Crippen molar-refractivity contribution in [2.45, 2.75) is 13.8 Å². The predicted molar refractivity (Wildman–Crippen MR) is 96.4 cm³/mol. The Morgan fingerprint density at radius 1 is 1.39 bits per heavy atom. The highest BCUT2D eigenvalue weighted by Crippen LogP contribution is 2.19. The number of nitrogens with zero attached hydrogens (tertiary/aromatic N) is 4. The van der Waals surface area contributed by atoms with Gasteiger partial charge < -0.3 is 10.2 Å². The number of hydrogen-bond acceptors (Lipinski definition) is 6. The molecule has 0 bridgehead atoms. The molecule has 8 heteroatoms. The van der Waals surface area contributed by atoms with Gasteiger partial charge in [-0.05, 0) is 24.3 Å². The van der Waals surface area contributed by atoms with Crippen LogP contribution in [0.5, 0.6) is 0 Å². The summed E-state index contributed by atoms with van der Waals surface area (Å²) < 4.78 is 0. The molecule has 0 radical (unpaired) electrons. The number of piperazine rings is 1. The molecule has 1 saturated heterocycles. The van der Waals surface area contributed by atoms with Crippen LogP contribution in [-0.2, 0) is 4.79 Å². The third-order valence-corrected chi connectivity index (χ3v) is 4.83. The zero-order chi connectivity index (χ0) is 16.7. The number of rotatable bonds is 7. The summed E-state index contributed by atoms with van der Waals surface area (Å²) >= 11 is 7.55. The van der Waals surface area contributed by atoms with Crippen molar-refractivity contribution in [2.24, 2.45) is 0 Å². The van der Waals surface area contributed by atoms with Gasteiger partial charge in [0.1, 0.15) is 5.82 Å². The summed E-state index contributed by atoms with van der Waals surface area (Å²) in [5, 5.41) is 3.26. The average Bonchev–Trinajstić information content (AvgIpc) is 2.56. The number of halogens is 1. The molecule has 1 N–H and O–H groups in total. The topological polar surface area (TPSA) is 61.4 Å². The lowest BCUT2D eigenvalue weighted by Crippen LogP contribution is -2.49. The van der Waals surface area contributed by atoms with Crippen molar-refractivity contribution in [2.75, 3.05) is 55.7 Å². The van der Waals surface area contributed by atoms with Gasteiger partial charge in [0.2, 0.25) is 11.2 Å². The fraction of sp³-hybridized carbons (Fsp3) is 0.667. The van der Waals surface area contributed by atoms with E-state index in [1.54, 1.807) is 18.0 Å². The molecule has 0 aliphatic carbocycles. The highest BCUT2D eigenvalue weighted by Gasteiger charge is 2.19. The monoisotopic (exact) mass is 357 g/mol. The quantitative estimate of drug-likeness (QED) is 0.745. The molecule has 1 amide bonds. The van der Waals surface area contributed by atoms with Crippen LogP contribution in [0, 0.1) is 6.92 Å². The summed E-state index contributed by atoms with van der Waals surface area (Å²) in [6, 6.07) is 0. The van der Waals surface area contributed by atoms with Gasteiger partial charge in [-0.2, -0.15) is 11.8 Å². The van der Waals surface area contributed by atoms with Gasteiger partial charge in [-0.25, -0.2) is 9.97 Å². The van der Waals surface area contributed by atoms with Crippen molar-refractivity contribution in [1.82, 2.24) is 20.2 Å². The van der Waals surface area contributed by atoms with Crippen LogP contribution in [-0.4, -0.2) is 71.5 Å². The lowest BCUT2D eigenvalue weighted by atomic mass is 10.2. The van der Waals surface area contributed by atoms with E-state index < -0.39 is 0 Å². The van der Waals surface area contributed by atoms with E-state index in [1.165, 1.54) is 0 Å². The summed E-state index contributed by atoms with van der Waals surface area (Å²) in [5.41, 5.74) is 1.04. The minimum atomic E-state index is 0.127. The molecule has 0 aromatic carbocycles. The number of anilines is 1. The second-order valence-electron chi connectivity index (χ2n) is 5.46. The Kier molecular flexibility index (Phi) is 7.39. The maximum atomic E-state index is 11.6. The SMILES string of the molecule is CCSCC(=O)NCCN1CCN(c2nc(Cl)ncc2C)CC1. The van der Waals surface area contributed by atoms with E-state index in [2.05, 4.69) is 32.0 Å². The number of amides is 1. The molecule has 1 aromatic rings. The van der Waals surface area contributed by atoms with Crippen LogP contribution in [0.1, 0.15) is 12.5 Å². The molecular weight excluding hydrogens is 334 g/mol. The van der Waals surface area contributed by atoms with Crippen molar-refractivity contribution in [3.63, 3.8) is 0 Å². The van der Waals surface area contributed by atoms with E-state index in [0.717, 1.165) is 49.9 Å². The summed E-state index contributed by atoms with van der Waals surface area (Å²) in [6.45, 7) is 9.40. The van der Waals surface area contributed by atoms with Crippen molar-refractivity contribution >= 4 is 35.1 Å². The summed E-state index contributed by atoms with van der Waals surface area (Å²) in [4.78, 5) is 24.5. The van der Waals surface area contributed by atoms with E-state index in [4.69, 9.17) is 11.6 Å². The van der Waals surface area contributed by atoms with Crippen molar-refractivity contribution in [1.29, 1.82) is 0 Å². The number of thioether (sulfide) groups is 1. The van der Waals surface area contributed by atoms with Gasteiger partial charge in [0, 0.05) is 51.0 Å². The van der Waals surface area contributed by atoms with Gasteiger partial charge >= 0.3 is 0 Å². The Morgan fingerprint density at radius 3 is 2.83 bits per heavy atom. The van der Waals surface area contributed by atoms with Gasteiger partial charge in [0.05, 0.1) is 5.75 Å². The minimum absolute atomic E-state index is 0.127. The first-order chi connectivity index (χ1) is 11.1. The number of carbonyl (C=O) groups is 1. The van der Waals surface area contributed by atoms with E-state index in [-0.39, 0.29) is 5.91 Å². The molecule has 2 heterocycles. The summed E-state index contributed by atoms with van der Waals surface area (Å²) in [6.07, 6.45) is 1.76. The Morgan fingerprint density at radius 2 is 2.13 bits per heavy atom. The molecule has 128 valence electrons. The second-order valence-corrected chi connectivity index (χ2v) is 7.07. The molecule has 0 atom stereocenters. The molecule has 0 unspecified atom stereocenters. The van der Waals surface area contributed by atoms with Crippen molar-refractivity contribution in [3.8, 4) is 0 Å². The smallest absolute Gasteiger partial charge is 0.230 e. The first-order valence-electron chi connectivity index (χ1n) is 7.91. The van der Waals surface area contributed by atoms with Crippen molar-refractivity contribution in [3.05, 3.63) is 17.0 Å². The fourth-order valence-electron chi connectivity index (χ4n) is 2.51. The molecule has 23 heavy (non-hydrogen) atoms. The molecule has 1 aliphatic heterocycles. The van der Waals surface area contributed by atoms with Gasteiger partial charge in [0.15, 0.2) is 0 Å². The number of aromatic nitrogens is 2. The standard InChI is InChI=1S/C15H24ClN5OS/c1-3-23-11-13(22)17-4-5-20-6-8-21(9-7-20)14-12(2)10-18-15(16)19-14/h10H,3-9,11H2,1-2H3,(H,17,22). The summed E-state index contributed by atoms with van der Waals surface area (Å²) in [7, 11) is 0. The Hall–Kier alpha value is -1.05. The number of aryl methyl sites for hydroxylation is 1. The first-order valence-corrected chi connectivity index (χ1v) is 9.44. The lowest BCUT2D eigenvalue weighted by Gasteiger charge is -2.35. The van der Waals surface area contributed by atoms with E-state index in [9.17, 15) is 4.79 Å². The molecule has 1 aliphatic rings. The lowest BCUT2D eigenvalue weighted by molar-refractivity contribution is -0.118. The molecular formula is C15H24ClN5OS. The average molecular weight is 358 g/mol. The van der Waals surface area contributed by atoms with Crippen LogP contribution in [0.3, 0.4) is 0 Å². The number of carbonyl (C=O) groups excluding carboxylic acids is 1. The van der Waals surface area contributed by atoms with Gasteiger partial charge in [0.25, 0.3) is 0 Å². The normalized spacial score (nSPS) is 15.7. The third kappa shape index (κ3) is 5.82. The number of hydrogen-bond donors (Lipinski definition) is 1. The second kappa shape index (κ2) is 9.30. The molecule has 6 nitrogen and oxygen atoms in total. The van der Waals surface area contributed by atoms with Crippen LogP contribution in [0.4, 0.5) is 5.82 Å². The predicted octanol–water partition coefficient (Wildman–Crippen LogP) is 1.43. The minimum Gasteiger partial charge on any atom is -0.354 e. The van der Waals surface area contributed by atoms with Crippen LogP contribution in [0.15, 0.2) is 6.20 Å². The van der Waals surface area contributed by atoms with Crippen molar-refractivity contribution < 1.29 is 4.79 Å². The van der Waals surface area contributed by atoms with Gasteiger partial charge in [-0.15, -0.1) is 0 Å². The first kappa shape index (κ1) is 18.3. The number of nitrogens with one attached hydrogen (secondary N) is 1. The molecule has 2 rings (SSSR count). The zero-order valence-electron chi connectivity index (χ0n) is 13.7. The molecule has 1 aromatic heterocycles. The van der Waals surface area contributed by atoms with Gasteiger partial charge in [-0.1, -0.05) is 6.92 Å². The van der Waals surface area contributed by atoms with Gasteiger partial charge in [-0.3, -0.25) is 9.69 Å². The largest absolute Gasteiger partial charge is 0.354 e. The van der Waals surface area contributed by atoms with Crippen LogP contribution in [0.2, 0.25) is 5.28 Å². The van der Waals surface area contributed by atoms with E-state index >= 15 is 0 Å². The molecule has 1 fully saturated rings. The fourth-order valence-corrected chi connectivity index (χ4v) is 3.14. The Bertz CT molecular complexity index is 523. The Labute approximate surface area is 147 Å². The maximum Gasteiger partial charge on any atom is 0.230 e. The zero-order valence-corrected chi connectivity index (χ0v) is 15.3. The highest BCUT2D eigenvalue weighted by molar-refractivity contribution is 7.99. The van der Waals surface area contributed by atoms with E-state index in [1.807, 2.05) is 6.92 Å². The highest BCUT2D eigenvalue weighted by atomic mass is 35.5. The molecule has 0 saturated carbocycles. The van der Waals surface area contributed by atoms with E-state index in [0.29, 0.717) is 17.6 Å². The van der Waals surface area contributed by atoms with Crippen LogP contribution >= 0.6 is 23.4 Å².